The average Bonchev–Trinajstić information content (AvgIpc) is 2.33. The highest BCUT2D eigenvalue weighted by molar-refractivity contribution is 5.81. The lowest BCUT2D eigenvalue weighted by Crippen LogP contribution is -2.55. The highest BCUT2D eigenvalue weighted by atomic mass is 19.3. The van der Waals surface area contributed by atoms with Gasteiger partial charge in [-0.25, -0.2) is 8.78 Å². The van der Waals surface area contributed by atoms with E-state index in [4.69, 9.17) is 0 Å². The number of amides is 1. The van der Waals surface area contributed by atoms with Crippen LogP contribution < -0.4 is 5.32 Å². The van der Waals surface area contributed by atoms with Crippen LogP contribution in [-0.2, 0) is 4.79 Å². The minimum atomic E-state index is -2.41. The molecule has 0 saturated carbocycles. The standard InChI is InChI=1S/C14H26F2N2O2/c1-9(19)10-5-11(17-6-12(15)16)8-18(7-10)13(20)14(2,3)4/h9-12,17,19H,5-8H2,1-4H3. The molecule has 1 aliphatic rings. The molecular formula is C14H26F2N2O2. The van der Waals surface area contributed by atoms with Crippen LogP contribution in [0.15, 0.2) is 0 Å². The Morgan fingerprint density at radius 1 is 1.40 bits per heavy atom. The zero-order valence-corrected chi connectivity index (χ0v) is 12.7. The van der Waals surface area contributed by atoms with Crippen LogP contribution in [0.1, 0.15) is 34.1 Å². The van der Waals surface area contributed by atoms with Gasteiger partial charge < -0.3 is 15.3 Å². The second kappa shape index (κ2) is 6.80. The van der Waals surface area contributed by atoms with Gasteiger partial charge in [0.25, 0.3) is 6.43 Å². The second-order valence-corrected chi connectivity index (χ2v) is 6.69. The third kappa shape index (κ3) is 4.98. The Morgan fingerprint density at radius 2 is 2.00 bits per heavy atom. The number of aliphatic hydroxyl groups is 1. The van der Waals surface area contributed by atoms with E-state index >= 15 is 0 Å². The Balaban J connectivity index is 2.73. The van der Waals surface area contributed by atoms with Crippen LogP contribution >= 0.6 is 0 Å². The van der Waals surface area contributed by atoms with Crippen LogP contribution in [0, 0.1) is 11.3 Å². The monoisotopic (exact) mass is 292 g/mol. The summed E-state index contributed by atoms with van der Waals surface area (Å²) in [4.78, 5) is 14.0. The fourth-order valence-electron chi connectivity index (χ4n) is 2.53. The van der Waals surface area contributed by atoms with Gasteiger partial charge in [-0.15, -0.1) is 0 Å². The van der Waals surface area contributed by atoms with E-state index in [1.54, 1.807) is 11.8 Å². The lowest BCUT2D eigenvalue weighted by molar-refractivity contribution is -0.142. The van der Waals surface area contributed by atoms with Crippen molar-refractivity contribution in [2.45, 2.75) is 52.7 Å². The van der Waals surface area contributed by atoms with Gasteiger partial charge in [-0.1, -0.05) is 20.8 Å². The van der Waals surface area contributed by atoms with E-state index in [-0.39, 0.29) is 24.4 Å². The average molecular weight is 292 g/mol. The minimum Gasteiger partial charge on any atom is -0.393 e. The number of carbonyl (C=O) groups is 1. The molecule has 4 nitrogen and oxygen atoms in total. The maximum absolute atomic E-state index is 12.3. The van der Waals surface area contributed by atoms with Gasteiger partial charge in [0.05, 0.1) is 12.6 Å². The van der Waals surface area contributed by atoms with Gasteiger partial charge in [-0.2, -0.15) is 0 Å². The maximum Gasteiger partial charge on any atom is 0.250 e. The van der Waals surface area contributed by atoms with Crippen LogP contribution in [0.5, 0.6) is 0 Å². The van der Waals surface area contributed by atoms with Gasteiger partial charge in [0, 0.05) is 30.5 Å². The van der Waals surface area contributed by atoms with E-state index in [1.165, 1.54) is 0 Å². The number of nitrogens with zero attached hydrogens (tertiary/aromatic N) is 1. The topological polar surface area (TPSA) is 52.6 Å². The van der Waals surface area contributed by atoms with Crippen LogP contribution in [0.3, 0.4) is 0 Å². The number of aliphatic hydroxyl groups excluding tert-OH is 1. The van der Waals surface area contributed by atoms with E-state index in [2.05, 4.69) is 5.32 Å². The molecule has 1 fully saturated rings. The number of rotatable bonds is 4. The number of hydrogen-bond acceptors (Lipinski definition) is 3. The molecule has 0 aromatic heterocycles. The van der Waals surface area contributed by atoms with Gasteiger partial charge in [-0.05, 0) is 13.3 Å². The van der Waals surface area contributed by atoms with Gasteiger partial charge in [-0.3, -0.25) is 4.79 Å². The summed E-state index contributed by atoms with van der Waals surface area (Å²) in [5, 5.41) is 12.5. The van der Waals surface area contributed by atoms with Crippen molar-refractivity contribution in [1.82, 2.24) is 10.2 Å². The number of likely N-dealkylation sites (tertiary alicyclic amines) is 1. The highest BCUT2D eigenvalue weighted by Crippen LogP contribution is 2.25. The zero-order chi connectivity index (χ0) is 15.5. The van der Waals surface area contributed by atoms with Crippen molar-refractivity contribution in [2.75, 3.05) is 19.6 Å². The fourth-order valence-corrected chi connectivity index (χ4v) is 2.53. The van der Waals surface area contributed by atoms with E-state index in [1.807, 2.05) is 20.8 Å². The Bertz CT molecular complexity index is 330. The van der Waals surface area contributed by atoms with Crippen molar-refractivity contribution in [3.8, 4) is 0 Å². The first kappa shape index (κ1) is 17.3. The van der Waals surface area contributed by atoms with E-state index in [9.17, 15) is 18.7 Å². The van der Waals surface area contributed by atoms with Gasteiger partial charge >= 0.3 is 0 Å². The van der Waals surface area contributed by atoms with Crippen molar-refractivity contribution in [2.24, 2.45) is 11.3 Å². The summed E-state index contributed by atoms with van der Waals surface area (Å²) < 4.78 is 24.6. The lowest BCUT2D eigenvalue weighted by Gasteiger charge is -2.41. The van der Waals surface area contributed by atoms with Crippen molar-refractivity contribution in [3.05, 3.63) is 0 Å². The molecule has 1 rings (SSSR count). The first-order chi connectivity index (χ1) is 9.11. The predicted molar refractivity (Wildman–Crippen MR) is 73.6 cm³/mol. The number of halogens is 2. The molecule has 6 heteroatoms. The van der Waals surface area contributed by atoms with E-state index in [0.717, 1.165) is 0 Å². The van der Waals surface area contributed by atoms with Crippen molar-refractivity contribution >= 4 is 5.91 Å². The van der Waals surface area contributed by atoms with Crippen LogP contribution in [0.25, 0.3) is 0 Å². The van der Waals surface area contributed by atoms with E-state index in [0.29, 0.717) is 19.5 Å². The summed E-state index contributed by atoms with van der Waals surface area (Å²) in [6.45, 7) is 7.72. The highest BCUT2D eigenvalue weighted by Gasteiger charge is 2.36. The molecule has 0 radical (unpaired) electrons. The summed E-state index contributed by atoms with van der Waals surface area (Å²) in [6, 6.07) is -0.191. The largest absolute Gasteiger partial charge is 0.393 e. The number of hydrogen-bond donors (Lipinski definition) is 2. The molecule has 3 unspecified atom stereocenters. The minimum absolute atomic E-state index is 0.00769. The second-order valence-electron chi connectivity index (χ2n) is 6.69. The SMILES string of the molecule is CC(O)C1CC(NCC(F)F)CN(C(=O)C(C)(C)C)C1. The third-order valence-corrected chi connectivity index (χ3v) is 3.65. The summed E-state index contributed by atoms with van der Waals surface area (Å²) in [6.07, 6.45) is -2.35. The smallest absolute Gasteiger partial charge is 0.250 e. The van der Waals surface area contributed by atoms with Crippen molar-refractivity contribution in [1.29, 1.82) is 0 Å². The molecule has 1 heterocycles. The fraction of sp³-hybridized carbons (Fsp3) is 0.929. The molecule has 118 valence electrons. The summed E-state index contributed by atoms with van der Waals surface area (Å²) >= 11 is 0. The first-order valence-corrected chi connectivity index (χ1v) is 7.10. The van der Waals surface area contributed by atoms with Crippen LogP contribution in [0.4, 0.5) is 8.78 Å². The van der Waals surface area contributed by atoms with Crippen molar-refractivity contribution < 1.29 is 18.7 Å². The molecule has 0 spiro atoms. The summed E-state index contributed by atoms with van der Waals surface area (Å²) in [7, 11) is 0. The Kier molecular flexibility index (Phi) is 5.89. The Morgan fingerprint density at radius 3 is 2.45 bits per heavy atom. The first-order valence-electron chi connectivity index (χ1n) is 7.10. The van der Waals surface area contributed by atoms with Crippen LogP contribution in [0.2, 0.25) is 0 Å². The van der Waals surface area contributed by atoms with Crippen molar-refractivity contribution in [3.63, 3.8) is 0 Å². The molecule has 0 aliphatic carbocycles. The number of carbonyl (C=O) groups excluding carboxylic acids is 1. The van der Waals surface area contributed by atoms with Crippen LogP contribution in [-0.4, -0.2) is 54.1 Å². The lowest BCUT2D eigenvalue weighted by atomic mass is 9.87. The molecule has 2 N–H and O–H groups in total. The Labute approximate surface area is 119 Å². The zero-order valence-electron chi connectivity index (χ0n) is 12.7. The molecule has 20 heavy (non-hydrogen) atoms. The maximum atomic E-state index is 12.3. The third-order valence-electron chi connectivity index (χ3n) is 3.65. The van der Waals surface area contributed by atoms with Gasteiger partial charge in [0.2, 0.25) is 5.91 Å². The molecule has 0 bridgehead atoms. The normalized spacial score (nSPS) is 25.9. The van der Waals surface area contributed by atoms with E-state index < -0.39 is 17.9 Å². The molecule has 0 aromatic rings. The van der Waals surface area contributed by atoms with Gasteiger partial charge in [0.15, 0.2) is 0 Å². The molecule has 3 atom stereocenters. The molecule has 1 amide bonds. The summed E-state index contributed by atoms with van der Waals surface area (Å²) in [5.74, 6) is -0.0862. The van der Waals surface area contributed by atoms with Gasteiger partial charge in [0.1, 0.15) is 0 Å². The summed E-state index contributed by atoms with van der Waals surface area (Å²) in [5.41, 5.74) is -0.506. The quantitative estimate of drug-likeness (QED) is 0.825. The molecule has 1 aliphatic heterocycles. The Hall–Kier alpha value is -0.750. The molecular weight excluding hydrogens is 266 g/mol. The molecule has 1 saturated heterocycles. The molecule has 0 aromatic carbocycles. The number of piperidine rings is 1. The number of alkyl halides is 2. The number of nitrogens with one attached hydrogen (secondary N) is 1. The predicted octanol–water partition coefficient (Wildman–Crippen LogP) is 1.49.